The lowest BCUT2D eigenvalue weighted by Gasteiger charge is -2.20. The lowest BCUT2D eigenvalue weighted by Crippen LogP contribution is -2.19. The number of hydrogen-bond donors (Lipinski definition) is 2. The van der Waals surface area contributed by atoms with Crippen LogP contribution in [-0.4, -0.2) is 30.0 Å². The molecular formula is C21H36O3. The van der Waals surface area contributed by atoms with Crippen LogP contribution in [0.5, 0.6) is 0 Å². The van der Waals surface area contributed by atoms with Gasteiger partial charge >= 0.3 is 0 Å². The van der Waals surface area contributed by atoms with Gasteiger partial charge in [0.1, 0.15) is 0 Å². The molecule has 0 spiro atoms. The lowest BCUT2D eigenvalue weighted by molar-refractivity contribution is 0.143. The van der Waals surface area contributed by atoms with Crippen LogP contribution in [0, 0.1) is 11.8 Å². The smallest absolute Gasteiger partial charge is 0.0784 e. The van der Waals surface area contributed by atoms with Gasteiger partial charge in [0.15, 0.2) is 0 Å². The van der Waals surface area contributed by atoms with Crippen molar-refractivity contribution in [2.75, 3.05) is 13.7 Å². The number of aliphatic hydroxyl groups excluding tert-OH is 2. The summed E-state index contributed by atoms with van der Waals surface area (Å²) in [6, 6.07) is 0. The number of unbranched alkanes of at least 4 members (excludes halogenated alkanes) is 7. The zero-order valence-electron chi connectivity index (χ0n) is 15.3. The molecule has 0 saturated carbocycles. The van der Waals surface area contributed by atoms with Gasteiger partial charge in [-0.05, 0) is 50.5 Å². The first-order valence-corrected chi connectivity index (χ1v) is 9.61. The maximum atomic E-state index is 10.2. The van der Waals surface area contributed by atoms with Crippen molar-refractivity contribution in [3.05, 3.63) is 36.6 Å². The molecule has 0 saturated heterocycles. The predicted molar refractivity (Wildman–Crippen MR) is 101 cm³/mol. The molecule has 0 aromatic heterocycles. The van der Waals surface area contributed by atoms with Crippen LogP contribution in [-0.2, 0) is 4.74 Å². The monoisotopic (exact) mass is 336 g/mol. The van der Waals surface area contributed by atoms with E-state index in [0.717, 1.165) is 32.1 Å². The molecule has 1 unspecified atom stereocenters. The zero-order chi connectivity index (χ0) is 17.5. The first kappa shape index (κ1) is 21.0. The van der Waals surface area contributed by atoms with Crippen molar-refractivity contribution in [1.82, 2.24) is 0 Å². The van der Waals surface area contributed by atoms with Crippen molar-refractivity contribution in [2.24, 2.45) is 11.8 Å². The second-order valence-corrected chi connectivity index (χ2v) is 6.72. The van der Waals surface area contributed by atoms with Gasteiger partial charge < -0.3 is 14.9 Å². The summed E-state index contributed by atoms with van der Waals surface area (Å²) in [6.07, 6.45) is 23.5. The minimum Gasteiger partial charge on any atom is -0.505 e. The zero-order valence-corrected chi connectivity index (χ0v) is 15.3. The number of aliphatic hydroxyl groups is 2. The van der Waals surface area contributed by atoms with Gasteiger partial charge in [-0.3, -0.25) is 0 Å². The molecule has 0 fully saturated rings. The minimum atomic E-state index is -0.280. The highest BCUT2D eigenvalue weighted by atomic mass is 16.5. The molecule has 3 heteroatoms. The molecule has 138 valence electrons. The molecule has 3 atom stereocenters. The molecule has 0 aromatic carbocycles. The van der Waals surface area contributed by atoms with Crippen LogP contribution in [0.4, 0.5) is 0 Å². The van der Waals surface area contributed by atoms with Crippen LogP contribution >= 0.6 is 0 Å². The largest absolute Gasteiger partial charge is 0.505 e. The predicted octanol–water partition coefficient (Wildman–Crippen LogP) is 4.76. The molecule has 1 rings (SSSR count). The summed E-state index contributed by atoms with van der Waals surface area (Å²) in [5.74, 6) is 0.746. The van der Waals surface area contributed by atoms with Gasteiger partial charge in [-0.1, -0.05) is 50.0 Å². The Balaban J connectivity index is 2.16. The molecular weight excluding hydrogens is 300 g/mol. The Hall–Kier alpha value is -1.06. The number of hydrogen-bond acceptors (Lipinski definition) is 3. The molecule has 3 nitrogen and oxygen atoms in total. The number of methoxy groups -OCH3 is 1. The Morgan fingerprint density at radius 2 is 1.62 bits per heavy atom. The van der Waals surface area contributed by atoms with E-state index in [0.29, 0.717) is 18.4 Å². The van der Waals surface area contributed by atoms with E-state index in [-0.39, 0.29) is 6.10 Å². The van der Waals surface area contributed by atoms with Crippen molar-refractivity contribution in [2.45, 2.75) is 70.3 Å². The number of allylic oxidation sites excluding steroid dienone is 4. The molecule has 0 radical (unpaired) electrons. The van der Waals surface area contributed by atoms with E-state index in [1.165, 1.54) is 32.1 Å². The third kappa shape index (κ3) is 9.29. The summed E-state index contributed by atoms with van der Waals surface area (Å²) in [5, 5.41) is 18.9. The van der Waals surface area contributed by atoms with Crippen LogP contribution < -0.4 is 0 Å². The topological polar surface area (TPSA) is 49.7 Å². The Kier molecular flexibility index (Phi) is 12.5. The van der Waals surface area contributed by atoms with Gasteiger partial charge in [0.25, 0.3) is 0 Å². The maximum Gasteiger partial charge on any atom is 0.0784 e. The Labute approximate surface area is 148 Å². The molecule has 0 aliphatic heterocycles. The fourth-order valence-corrected chi connectivity index (χ4v) is 3.29. The average Bonchev–Trinajstić information content (AvgIpc) is 2.93. The number of rotatable bonds is 14. The average molecular weight is 337 g/mol. The third-order valence-corrected chi connectivity index (χ3v) is 4.74. The molecule has 0 bridgehead atoms. The standard InChI is InChI=1S/C21H36O3/c1-24-18-12-8-4-6-10-14-20-19(15-16-21(20)23)13-9-5-2-3-7-11-17-22/h9,12-13,15-16,18-23H,2-8,10-11,14,17H2,1H3/t19-,20?,21-/m0/s1. The number of ether oxygens (including phenoxy) is 1. The molecule has 0 amide bonds. The molecule has 0 heterocycles. The molecule has 2 N–H and O–H groups in total. The highest BCUT2D eigenvalue weighted by Crippen LogP contribution is 2.31. The SMILES string of the molecule is COC=CCCCCCC1[C@@H](C=CCCCCCCO)C=C[C@@H]1O. The summed E-state index contributed by atoms with van der Waals surface area (Å²) in [5.41, 5.74) is 0. The van der Waals surface area contributed by atoms with Crippen LogP contribution in [0.1, 0.15) is 64.2 Å². The fraction of sp³-hybridized carbons (Fsp3) is 0.714. The van der Waals surface area contributed by atoms with Crippen LogP contribution in [0.15, 0.2) is 36.6 Å². The van der Waals surface area contributed by atoms with Crippen LogP contribution in [0.2, 0.25) is 0 Å². The van der Waals surface area contributed by atoms with Gasteiger partial charge in [-0.2, -0.15) is 0 Å². The van der Waals surface area contributed by atoms with E-state index in [1.54, 1.807) is 13.4 Å². The van der Waals surface area contributed by atoms with E-state index < -0.39 is 0 Å². The first-order chi connectivity index (χ1) is 11.8. The second-order valence-electron chi connectivity index (χ2n) is 6.72. The highest BCUT2D eigenvalue weighted by molar-refractivity contribution is 5.14. The Morgan fingerprint density at radius 1 is 0.917 bits per heavy atom. The summed E-state index contributed by atoms with van der Waals surface area (Å²) >= 11 is 0. The second kappa shape index (κ2) is 14.3. The minimum absolute atomic E-state index is 0.280. The van der Waals surface area contributed by atoms with Gasteiger partial charge in [0, 0.05) is 12.5 Å². The van der Waals surface area contributed by atoms with E-state index >= 15 is 0 Å². The molecule has 0 aromatic rings. The quantitative estimate of drug-likeness (QED) is 0.273. The molecule has 1 aliphatic rings. The Bertz CT molecular complexity index is 373. The van der Waals surface area contributed by atoms with Gasteiger partial charge in [0.05, 0.1) is 19.5 Å². The molecule has 24 heavy (non-hydrogen) atoms. The summed E-state index contributed by atoms with van der Waals surface area (Å²) < 4.78 is 4.89. The third-order valence-electron chi connectivity index (χ3n) is 4.74. The van der Waals surface area contributed by atoms with Crippen molar-refractivity contribution in [3.63, 3.8) is 0 Å². The summed E-state index contributed by atoms with van der Waals surface area (Å²) in [4.78, 5) is 0. The summed E-state index contributed by atoms with van der Waals surface area (Å²) in [7, 11) is 1.67. The molecule has 1 aliphatic carbocycles. The normalized spacial score (nSPS) is 23.7. The Morgan fingerprint density at radius 3 is 2.38 bits per heavy atom. The lowest BCUT2D eigenvalue weighted by atomic mass is 9.88. The van der Waals surface area contributed by atoms with E-state index in [1.807, 2.05) is 6.08 Å². The first-order valence-electron chi connectivity index (χ1n) is 9.61. The van der Waals surface area contributed by atoms with Gasteiger partial charge in [0.2, 0.25) is 0 Å². The van der Waals surface area contributed by atoms with Crippen molar-refractivity contribution in [1.29, 1.82) is 0 Å². The van der Waals surface area contributed by atoms with Crippen molar-refractivity contribution >= 4 is 0 Å². The van der Waals surface area contributed by atoms with E-state index in [9.17, 15) is 5.11 Å². The maximum absolute atomic E-state index is 10.2. The van der Waals surface area contributed by atoms with Crippen LogP contribution in [0.3, 0.4) is 0 Å². The van der Waals surface area contributed by atoms with Crippen molar-refractivity contribution in [3.8, 4) is 0 Å². The van der Waals surface area contributed by atoms with Gasteiger partial charge in [-0.25, -0.2) is 0 Å². The highest BCUT2D eigenvalue weighted by Gasteiger charge is 2.27. The van der Waals surface area contributed by atoms with E-state index in [4.69, 9.17) is 9.84 Å². The fourth-order valence-electron chi connectivity index (χ4n) is 3.29. The summed E-state index contributed by atoms with van der Waals surface area (Å²) in [6.45, 7) is 0.310. The van der Waals surface area contributed by atoms with Gasteiger partial charge in [-0.15, -0.1) is 0 Å². The van der Waals surface area contributed by atoms with E-state index in [2.05, 4.69) is 24.3 Å². The van der Waals surface area contributed by atoms with Crippen molar-refractivity contribution < 1.29 is 14.9 Å². The van der Waals surface area contributed by atoms with Crippen LogP contribution in [0.25, 0.3) is 0 Å².